The first-order valence-corrected chi connectivity index (χ1v) is 6.26. The third kappa shape index (κ3) is 5.59. The monoisotopic (exact) mass is 234 g/mol. The Bertz CT molecular complexity index is 335. The van der Waals surface area contributed by atoms with Crippen LogP contribution in [0.4, 0.5) is 0 Å². The van der Waals surface area contributed by atoms with Crippen LogP contribution in [0.15, 0.2) is 24.5 Å². The Hall–Kier alpha value is -1.22. The standard InChI is InChI=1S/C14H22N2O/c1-11(5-3-6-12(2)15)14(17)9-13-7-4-8-16-10-13/h4,7-8,10-12H,3,5-6,9,15H2,1-2H3. The van der Waals surface area contributed by atoms with Crippen molar-refractivity contribution in [2.75, 3.05) is 0 Å². The summed E-state index contributed by atoms with van der Waals surface area (Å²) in [5.74, 6) is 0.414. The summed E-state index contributed by atoms with van der Waals surface area (Å²) < 4.78 is 0. The summed E-state index contributed by atoms with van der Waals surface area (Å²) in [6.45, 7) is 4.00. The van der Waals surface area contributed by atoms with E-state index in [0.29, 0.717) is 12.2 Å². The van der Waals surface area contributed by atoms with Crippen LogP contribution < -0.4 is 5.73 Å². The van der Waals surface area contributed by atoms with Gasteiger partial charge >= 0.3 is 0 Å². The second-order valence-electron chi connectivity index (χ2n) is 4.81. The van der Waals surface area contributed by atoms with Gasteiger partial charge in [0.15, 0.2) is 0 Å². The maximum Gasteiger partial charge on any atom is 0.140 e. The highest BCUT2D eigenvalue weighted by molar-refractivity contribution is 5.82. The zero-order valence-electron chi connectivity index (χ0n) is 10.7. The molecule has 2 atom stereocenters. The molecule has 0 saturated heterocycles. The molecule has 3 heteroatoms. The Kier molecular flexibility index (Phi) is 5.84. The van der Waals surface area contributed by atoms with Crippen LogP contribution in [0, 0.1) is 5.92 Å². The van der Waals surface area contributed by atoms with Crippen molar-refractivity contribution < 1.29 is 4.79 Å². The number of aromatic nitrogens is 1. The first-order valence-electron chi connectivity index (χ1n) is 6.26. The van der Waals surface area contributed by atoms with Gasteiger partial charge in [0.1, 0.15) is 5.78 Å². The third-order valence-corrected chi connectivity index (χ3v) is 2.95. The Labute approximate surface area is 103 Å². The van der Waals surface area contributed by atoms with E-state index in [-0.39, 0.29) is 12.0 Å². The molecule has 3 nitrogen and oxygen atoms in total. The second kappa shape index (κ2) is 7.17. The largest absolute Gasteiger partial charge is 0.328 e. The highest BCUT2D eigenvalue weighted by Gasteiger charge is 2.13. The molecule has 1 aromatic heterocycles. The smallest absolute Gasteiger partial charge is 0.140 e. The number of nitrogens with zero attached hydrogens (tertiary/aromatic N) is 1. The van der Waals surface area contributed by atoms with Crippen molar-refractivity contribution in [2.45, 2.75) is 45.6 Å². The van der Waals surface area contributed by atoms with E-state index in [2.05, 4.69) is 4.98 Å². The maximum atomic E-state index is 11.9. The molecule has 2 unspecified atom stereocenters. The molecule has 2 N–H and O–H groups in total. The van der Waals surface area contributed by atoms with Gasteiger partial charge in [0.2, 0.25) is 0 Å². The van der Waals surface area contributed by atoms with Crippen molar-refractivity contribution in [1.82, 2.24) is 4.98 Å². The minimum atomic E-state index is 0.119. The molecule has 0 aromatic carbocycles. The van der Waals surface area contributed by atoms with Gasteiger partial charge in [-0.2, -0.15) is 0 Å². The molecule has 1 aromatic rings. The number of hydrogen-bond acceptors (Lipinski definition) is 3. The molecule has 0 bridgehead atoms. The average Bonchev–Trinajstić information content (AvgIpc) is 2.29. The van der Waals surface area contributed by atoms with E-state index in [1.165, 1.54) is 0 Å². The van der Waals surface area contributed by atoms with Crippen LogP contribution in [0.2, 0.25) is 0 Å². The van der Waals surface area contributed by atoms with Gasteiger partial charge in [0.25, 0.3) is 0 Å². The van der Waals surface area contributed by atoms with Crippen LogP contribution in [0.3, 0.4) is 0 Å². The van der Waals surface area contributed by atoms with Crippen LogP contribution in [0.5, 0.6) is 0 Å². The SMILES string of the molecule is CC(N)CCCC(C)C(=O)Cc1cccnc1. The highest BCUT2D eigenvalue weighted by atomic mass is 16.1. The van der Waals surface area contributed by atoms with Crippen molar-refractivity contribution in [3.63, 3.8) is 0 Å². The van der Waals surface area contributed by atoms with Crippen LogP contribution in [-0.4, -0.2) is 16.8 Å². The van der Waals surface area contributed by atoms with Crippen molar-refractivity contribution >= 4 is 5.78 Å². The number of carbonyl (C=O) groups excluding carboxylic acids is 1. The van der Waals surface area contributed by atoms with Gasteiger partial charge in [-0.25, -0.2) is 0 Å². The summed E-state index contributed by atoms with van der Waals surface area (Å²) in [5.41, 5.74) is 6.68. The minimum absolute atomic E-state index is 0.119. The maximum absolute atomic E-state index is 11.9. The lowest BCUT2D eigenvalue weighted by Crippen LogP contribution is -2.17. The molecule has 0 spiro atoms. The highest BCUT2D eigenvalue weighted by Crippen LogP contribution is 2.12. The molecule has 0 aliphatic rings. The molecule has 1 rings (SSSR count). The topological polar surface area (TPSA) is 56.0 Å². The summed E-state index contributed by atoms with van der Waals surface area (Å²) in [6, 6.07) is 4.04. The number of rotatable bonds is 7. The first kappa shape index (κ1) is 13.8. The molecule has 1 heterocycles. The van der Waals surface area contributed by atoms with E-state index >= 15 is 0 Å². The molecule has 0 aliphatic carbocycles. The normalized spacial score (nSPS) is 14.3. The van der Waals surface area contributed by atoms with E-state index < -0.39 is 0 Å². The number of pyridine rings is 1. The van der Waals surface area contributed by atoms with E-state index in [4.69, 9.17) is 5.73 Å². The van der Waals surface area contributed by atoms with Gasteiger partial charge in [-0.1, -0.05) is 19.4 Å². The molecule has 0 radical (unpaired) electrons. The summed E-state index contributed by atoms with van der Waals surface area (Å²) in [6.07, 6.45) is 6.92. The van der Waals surface area contributed by atoms with E-state index in [1.54, 1.807) is 12.4 Å². The van der Waals surface area contributed by atoms with Gasteiger partial charge in [-0.15, -0.1) is 0 Å². The Morgan fingerprint density at radius 2 is 2.18 bits per heavy atom. The van der Waals surface area contributed by atoms with Crippen molar-refractivity contribution in [2.24, 2.45) is 11.7 Å². The predicted octanol–water partition coefficient (Wildman–Crippen LogP) is 2.35. The number of hydrogen-bond donors (Lipinski definition) is 1. The lowest BCUT2D eigenvalue weighted by molar-refractivity contribution is -0.121. The molecule has 17 heavy (non-hydrogen) atoms. The summed E-state index contributed by atoms with van der Waals surface area (Å²) >= 11 is 0. The van der Waals surface area contributed by atoms with Crippen LogP contribution in [0.25, 0.3) is 0 Å². The van der Waals surface area contributed by atoms with Gasteiger partial charge in [0.05, 0.1) is 0 Å². The molecule has 0 saturated carbocycles. The predicted molar refractivity (Wildman–Crippen MR) is 69.6 cm³/mol. The van der Waals surface area contributed by atoms with Crippen LogP contribution in [-0.2, 0) is 11.2 Å². The lowest BCUT2D eigenvalue weighted by Gasteiger charge is -2.11. The van der Waals surface area contributed by atoms with E-state index in [1.807, 2.05) is 26.0 Å². The van der Waals surface area contributed by atoms with Crippen LogP contribution in [0.1, 0.15) is 38.7 Å². The first-order chi connectivity index (χ1) is 8.09. The van der Waals surface area contributed by atoms with Gasteiger partial charge < -0.3 is 5.73 Å². The Morgan fingerprint density at radius 1 is 1.41 bits per heavy atom. The van der Waals surface area contributed by atoms with Gasteiger partial charge in [0, 0.05) is 30.8 Å². The molecule has 0 amide bonds. The van der Waals surface area contributed by atoms with E-state index in [0.717, 1.165) is 24.8 Å². The Balaban J connectivity index is 2.32. The molecule has 94 valence electrons. The van der Waals surface area contributed by atoms with E-state index in [9.17, 15) is 4.79 Å². The summed E-state index contributed by atoms with van der Waals surface area (Å²) in [4.78, 5) is 15.9. The van der Waals surface area contributed by atoms with Crippen molar-refractivity contribution in [3.8, 4) is 0 Å². The fourth-order valence-electron chi connectivity index (χ4n) is 1.79. The fourth-order valence-corrected chi connectivity index (χ4v) is 1.79. The number of ketones is 1. The quantitative estimate of drug-likeness (QED) is 0.788. The molecule has 0 fully saturated rings. The molecule has 0 aliphatic heterocycles. The molecular formula is C14H22N2O. The van der Waals surface area contributed by atoms with Gasteiger partial charge in [-0.05, 0) is 31.4 Å². The average molecular weight is 234 g/mol. The van der Waals surface area contributed by atoms with Crippen molar-refractivity contribution in [3.05, 3.63) is 30.1 Å². The number of carbonyl (C=O) groups is 1. The van der Waals surface area contributed by atoms with Crippen molar-refractivity contribution in [1.29, 1.82) is 0 Å². The second-order valence-corrected chi connectivity index (χ2v) is 4.81. The zero-order valence-corrected chi connectivity index (χ0v) is 10.7. The number of nitrogens with two attached hydrogens (primary N) is 1. The lowest BCUT2D eigenvalue weighted by atomic mass is 9.94. The Morgan fingerprint density at radius 3 is 2.76 bits per heavy atom. The minimum Gasteiger partial charge on any atom is -0.328 e. The zero-order chi connectivity index (χ0) is 12.7. The van der Waals surface area contributed by atoms with Crippen LogP contribution >= 0.6 is 0 Å². The summed E-state index contributed by atoms with van der Waals surface area (Å²) in [7, 11) is 0. The third-order valence-electron chi connectivity index (χ3n) is 2.95. The van der Waals surface area contributed by atoms with Gasteiger partial charge in [-0.3, -0.25) is 9.78 Å². The fraction of sp³-hybridized carbons (Fsp3) is 0.571. The number of Topliss-reactive ketones (excluding diaryl/α,β-unsaturated/α-hetero) is 1. The molecular weight excluding hydrogens is 212 g/mol. The summed E-state index contributed by atoms with van der Waals surface area (Å²) in [5, 5.41) is 0.